The summed E-state index contributed by atoms with van der Waals surface area (Å²) in [6.07, 6.45) is 0. The molecule has 0 aromatic heterocycles. The van der Waals surface area contributed by atoms with Crippen LogP contribution < -0.4 is 5.43 Å². The first-order valence-corrected chi connectivity index (χ1v) is 5.44. The highest BCUT2D eigenvalue weighted by Crippen LogP contribution is 2.07. The highest BCUT2D eigenvalue weighted by atomic mass is 16.5. The number of nitrogens with zero attached hydrogens (tertiary/aromatic N) is 2. The summed E-state index contributed by atoms with van der Waals surface area (Å²) in [5, 5.41) is 11.1. The summed E-state index contributed by atoms with van der Waals surface area (Å²) in [4.78, 5) is 0. The van der Waals surface area contributed by atoms with Gasteiger partial charge in [0.1, 0.15) is 0 Å². The Kier molecular flexibility index (Phi) is 3.89. The minimum absolute atomic E-state index is 0.698. The Balaban J connectivity index is 1.91. The van der Waals surface area contributed by atoms with E-state index in [0.717, 1.165) is 37.4 Å². The molecule has 4 nitrogen and oxygen atoms in total. The largest absolute Gasteiger partial charge is 0.379 e. The molecule has 1 N–H and O–H groups in total. The minimum Gasteiger partial charge on any atom is -0.379 e. The van der Waals surface area contributed by atoms with E-state index in [-0.39, 0.29) is 0 Å². The fourth-order valence-electron chi connectivity index (χ4n) is 1.70. The molecule has 0 amide bonds. The molecule has 0 saturated carbocycles. The number of nitrogens with one attached hydrogen (secondary N) is 1. The van der Waals surface area contributed by atoms with E-state index in [4.69, 9.17) is 10.00 Å². The van der Waals surface area contributed by atoms with Gasteiger partial charge in [0, 0.05) is 19.6 Å². The maximum absolute atomic E-state index is 8.94. The van der Waals surface area contributed by atoms with Crippen LogP contribution in [0.4, 0.5) is 0 Å². The van der Waals surface area contributed by atoms with Crippen LogP contribution in [0.3, 0.4) is 0 Å². The second-order valence-corrected chi connectivity index (χ2v) is 3.70. The van der Waals surface area contributed by atoms with E-state index < -0.39 is 0 Å². The highest BCUT2D eigenvalue weighted by molar-refractivity contribution is 5.37. The molecule has 1 aromatic carbocycles. The number of hydrogen-bond acceptors (Lipinski definition) is 4. The molecule has 0 unspecified atom stereocenters. The number of morpholine rings is 1. The third-order valence-corrected chi connectivity index (χ3v) is 2.64. The van der Waals surface area contributed by atoms with Crippen LogP contribution in [0.15, 0.2) is 24.3 Å². The molecule has 1 fully saturated rings. The molecule has 1 aliphatic heterocycles. The van der Waals surface area contributed by atoms with Gasteiger partial charge in [-0.1, -0.05) is 18.2 Å². The van der Waals surface area contributed by atoms with Crippen LogP contribution in [0, 0.1) is 11.3 Å². The summed E-state index contributed by atoms with van der Waals surface area (Å²) >= 11 is 0. The first-order valence-electron chi connectivity index (χ1n) is 5.44. The van der Waals surface area contributed by atoms with Gasteiger partial charge < -0.3 is 4.74 Å². The third-order valence-electron chi connectivity index (χ3n) is 2.64. The number of hydrogen-bond donors (Lipinski definition) is 1. The van der Waals surface area contributed by atoms with Crippen molar-refractivity contribution in [1.82, 2.24) is 10.4 Å². The van der Waals surface area contributed by atoms with Crippen molar-refractivity contribution in [2.75, 3.05) is 26.3 Å². The van der Waals surface area contributed by atoms with E-state index in [0.29, 0.717) is 6.54 Å². The summed E-state index contributed by atoms with van der Waals surface area (Å²) in [5.41, 5.74) is 5.09. The molecular formula is C12H15N3O. The monoisotopic (exact) mass is 217 g/mol. The Bertz CT molecular complexity index is 380. The van der Waals surface area contributed by atoms with Crippen molar-refractivity contribution in [3.8, 4) is 6.07 Å². The number of rotatable bonds is 3. The molecule has 0 radical (unpaired) electrons. The Morgan fingerprint density at radius 1 is 1.31 bits per heavy atom. The van der Waals surface area contributed by atoms with E-state index in [9.17, 15) is 0 Å². The summed E-state index contributed by atoms with van der Waals surface area (Å²) in [6, 6.07) is 9.86. The summed E-state index contributed by atoms with van der Waals surface area (Å²) in [5.74, 6) is 0. The van der Waals surface area contributed by atoms with Gasteiger partial charge in [-0.15, -0.1) is 0 Å². The van der Waals surface area contributed by atoms with E-state index in [2.05, 4.69) is 16.5 Å². The Hall–Kier alpha value is -1.41. The molecular weight excluding hydrogens is 202 g/mol. The lowest BCUT2D eigenvalue weighted by molar-refractivity contribution is 0.0105. The predicted molar refractivity (Wildman–Crippen MR) is 60.4 cm³/mol. The minimum atomic E-state index is 0.698. The van der Waals surface area contributed by atoms with Crippen LogP contribution in [0.1, 0.15) is 11.1 Å². The molecule has 1 aliphatic rings. The van der Waals surface area contributed by atoms with Gasteiger partial charge in [0.15, 0.2) is 0 Å². The molecule has 4 heteroatoms. The van der Waals surface area contributed by atoms with Gasteiger partial charge >= 0.3 is 0 Å². The molecule has 0 spiro atoms. The number of ether oxygens (including phenoxy) is 1. The Morgan fingerprint density at radius 3 is 2.81 bits per heavy atom. The molecule has 0 atom stereocenters. The second-order valence-electron chi connectivity index (χ2n) is 3.70. The van der Waals surface area contributed by atoms with Crippen LogP contribution in [-0.4, -0.2) is 31.3 Å². The van der Waals surface area contributed by atoms with Crippen molar-refractivity contribution in [3.63, 3.8) is 0 Å². The molecule has 2 rings (SSSR count). The molecule has 16 heavy (non-hydrogen) atoms. The van der Waals surface area contributed by atoms with Crippen molar-refractivity contribution >= 4 is 0 Å². The van der Waals surface area contributed by atoms with Crippen molar-refractivity contribution < 1.29 is 4.74 Å². The number of hydrazine groups is 1. The molecule has 1 heterocycles. The predicted octanol–water partition coefficient (Wildman–Crippen LogP) is 0.895. The molecule has 1 saturated heterocycles. The third kappa shape index (κ3) is 2.80. The topological polar surface area (TPSA) is 48.3 Å². The van der Waals surface area contributed by atoms with Crippen LogP contribution in [0.2, 0.25) is 0 Å². The van der Waals surface area contributed by atoms with Gasteiger partial charge in [0.2, 0.25) is 0 Å². The highest BCUT2D eigenvalue weighted by Gasteiger charge is 2.09. The molecule has 84 valence electrons. The van der Waals surface area contributed by atoms with Gasteiger partial charge in [0.25, 0.3) is 0 Å². The van der Waals surface area contributed by atoms with Crippen molar-refractivity contribution in [2.24, 2.45) is 0 Å². The standard InChI is InChI=1S/C12H15N3O/c13-9-11-3-1-2-4-12(11)10-14-15-5-7-16-8-6-15/h1-4,14H,5-8,10H2. The summed E-state index contributed by atoms with van der Waals surface area (Å²) in [6.45, 7) is 4.03. The SMILES string of the molecule is N#Cc1ccccc1CNN1CCOCC1. The lowest BCUT2D eigenvalue weighted by Crippen LogP contribution is -2.45. The normalized spacial score (nSPS) is 16.9. The van der Waals surface area contributed by atoms with E-state index in [1.165, 1.54) is 0 Å². The average Bonchev–Trinajstić information content (AvgIpc) is 2.38. The van der Waals surface area contributed by atoms with E-state index in [1.54, 1.807) is 0 Å². The summed E-state index contributed by atoms with van der Waals surface area (Å²) < 4.78 is 5.26. The zero-order chi connectivity index (χ0) is 11.2. The van der Waals surface area contributed by atoms with Gasteiger partial charge in [0.05, 0.1) is 24.8 Å². The fourth-order valence-corrected chi connectivity index (χ4v) is 1.70. The van der Waals surface area contributed by atoms with Gasteiger partial charge in [-0.25, -0.2) is 5.01 Å². The summed E-state index contributed by atoms with van der Waals surface area (Å²) in [7, 11) is 0. The zero-order valence-electron chi connectivity index (χ0n) is 9.15. The molecule has 0 bridgehead atoms. The fraction of sp³-hybridized carbons (Fsp3) is 0.417. The lowest BCUT2D eigenvalue weighted by Gasteiger charge is -2.27. The number of benzene rings is 1. The average molecular weight is 217 g/mol. The van der Waals surface area contributed by atoms with E-state index >= 15 is 0 Å². The maximum atomic E-state index is 8.94. The Morgan fingerprint density at radius 2 is 2.06 bits per heavy atom. The first-order chi connectivity index (χ1) is 7.90. The van der Waals surface area contributed by atoms with Gasteiger partial charge in [-0.2, -0.15) is 5.26 Å². The molecule has 0 aliphatic carbocycles. The smallest absolute Gasteiger partial charge is 0.0995 e. The second kappa shape index (κ2) is 5.61. The van der Waals surface area contributed by atoms with Crippen LogP contribution in [-0.2, 0) is 11.3 Å². The molecule has 1 aromatic rings. The maximum Gasteiger partial charge on any atom is 0.0995 e. The van der Waals surface area contributed by atoms with Gasteiger partial charge in [-0.3, -0.25) is 5.43 Å². The van der Waals surface area contributed by atoms with Crippen LogP contribution >= 0.6 is 0 Å². The van der Waals surface area contributed by atoms with E-state index in [1.807, 2.05) is 24.3 Å². The lowest BCUT2D eigenvalue weighted by atomic mass is 10.1. The number of nitriles is 1. The van der Waals surface area contributed by atoms with Crippen molar-refractivity contribution in [3.05, 3.63) is 35.4 Å². The first kappa shape index (κ1) is 11.1. The van der Waals surface area contributed by atoms with Crippen LogP contribution in [0.5, 0.6) is 0 Å². The van der Waals surface area contributed by atoms with Crippen LogP contribution in [0.25, 0.3) is 0 Å². The zero-order valence-corrected chi connectivity index (χ0v) is 9.15. The van der Waals surface area contributed by atoms with Gasteiger partial charge in [-0.05, 0) is 11.6 Å². The van der Waals surface area contributed by atoms with Crippen molar-refractivity contribution in [2.45, 2.75) is 6.54 Å². The quantitative estimate of drug-likeness (QED) is 0.817. The van der Waals surface area contributed by atoms with Crippen molar-refractivity contribution in [1.29, 1.82) is 5.26 Å². The Labute approximate surface area is 95.4 Å².